The second-order valence-corrected chi connectivity index (χ2v) is 5.33. The van der Waals surface area contributed by atoms with Gasteiger partial charge in [-0.1, -0.05) is 10.3 Å². The maximum Gasteiger partial charge on any atom is 0.290 e. The van der Waals surface area contributed by atoms with Crippen molar-refractivity contribution in [3.63, 3.8) is 0 Å². The molecule has 122 valence electrons. The van der Waals surface area contributed by atoms with Crippen molar-refractivity contribution in [1.82, 2.24) is 20.2 Å². The average molecular weight is 320 g/mol. The number of nitrogens with two attached hydrogens (primary N) is 1. The Morgan fingerprint density at radius 1 is 1.43 bits per heavy atom. The van der Waals surface area contributed by atoms with Crippen molar-refractivity contribution in [3.05, 3.63) is 23.5 Å². The van der Waals surface area contributed by atoms with Gasteiger partial charge in [0.1, 0.15) is 0 Å². The summed E-state index contributed by atoms with van der Waals surface area (Å²) in [6.07, 6.45) is 1.64. The van der Waals surface area contributed by atoms with Gasteiger partial charge >= 0.3 is 0 Å². The van der Waals surface area contributed by atoms with Gasteiger partial charge in [0.25, 0.3) is 11.7 Å². The van der Waals surface area contributed by atoms with Crippen LogP contribution in [0.15, 0.2) is 15.1 Å². The maximum absolute atomic E-state index is 12.1. The molecule has 1 saturated heterocycles. The van der Waals surface area contributed by atoms with Crippen molar-refractivity contribution in [2.75, 3.05) is 18.4 Å². The molecular weight excluding hydrogens is 304 g/mol. The van der Waals surface area contributed by atoms with Crippen LogP contribution in [0.1, 0.15) is 41.1 Å². The molecule has 0 unspecified atom stereocenters. The standard InChI is InChI=1S/C13H16N6O4/c1-7-5-10(22-17-7)15-9(20)6-19-4-2-3-8(19)13-16-12(11(14)21)18-23-13/h5,8H,2-4,6H2,1H3,(H2,14,21)(H,15,20)/t8-/m0/s1. The fourth-order valence-electron chi connectivity index (χ4n) is 2.55. The minimum Gasteiger partial charge on any atom is -0.363 e. The number of carbonyl (C=O) groups is 2. The molecule has 0 aromatic carbocycles. The van der Waals surface area contributed by atoms with Gasteiger partial charge in [0.05, 0.1) is 18.3 Å². The Morgan fingerprint density at radius 3 is 2.91 bits per heavy atom. The van der Waals surface area contributed by atoms with Crippen molar-refractivity contribution < 1.29 is 18.6 Å². The van der Waals surface area contributed by atoms with Crippen LogP contribution in [-0.2, 0) is 4.79 Å². The molecule has 1 fully saturated rings. The molecule has 2 aromatic rings. The third-order valence-electron chi connectivity index (χ3n) is 3.55. The van der Waals surface area contributed by atoms with Crippen LogP contribution >= 0.6 is 0 Å². The summed E-state index contributed by atoms with van der Waals surface area (Å²) in [7, 11) is 0. The highest BCUT2D eigenvalue weighted by atomic mass is 16.5. The van der Waals surface area contributed by atoms with Crippen LogP contribution < -0.4 is 11.1 Å². The first-order valence-corrected chi connectivity index (χ1v) is 7.13. The number of primary amides is 1. The Labute approximate surface area is 131 Å². The van der Waals surface area contributed by atoms with Gasteiger partial charge in [0.2, 0.25) is 17.7 Å². The zero-order valence-corrected chi connectivity index (χ0v) is 12.5. The van der Waals surface area contributed by atoms with Gasteiger partial charge in [-0.2, -0.15) is 4.98 Å². The molecule has 3 N–H and O–H groups in total. The van der Waals surface area contributed by atoms with Crippen molar-refractivity contribution in [3.8, 4) is 0 Å². The third-order valence-corrected chi connectivity index (χ3v) is 3.55. The lowest BCUT2D eigenvalue weighted by molar-refractivity contribution is -0.117. The van der Waals surface area contributed by atoms with Gasteiger partial charge in [0, 0.05) is 6.07 Å². The number of carbonyl (C=O) groups excluding carboxylic acids is 2. The quantitative estimate of drug-likeness (QED) is 0.798. The molecule has 10 nitrogen and oxygen atoms in total. The number of hydrogen-bond acceptors (Lipinski definition) is 8. The molecular formula is C13H16N6O4. The topological polar surface area (TPSA) is 140 Å². The van der Waals surface area contributed by atoms with E-state index in [1.165, 1.54) is 0 Å². The van der Waals surface area contributed by atoms with Crippen LogP contribution in [0.2, 0.25) is 0 Å². The Hall–Kier alpha value is -2.75. The van der Waals surface area contributed by atoms with Crippen LogP contribution in [-0.4, -0.2) is 45.1 Å². The monoisotopic (exact) mass is 320 g/mol. The summed E-state index contributed by atoms with van der Waals surface area (Å²) in [6, 6.07) is 1.43. The number of hydrogen-bond donors (Lipinski definition) is 2. The molecule has 10 heteroatoms. The van der Waals surface area contributed by atoms with E-state index in [4.69, 9.17) is 14.8 Å². The molecule has 1 atom stereocenters. The number of aromatic nitrogens is 3. The van der Waals surface area contributed by atoms with Gasteiger partial charge in [-0.15, -0.1) is 0 Å². The molecule has 0 radical (unpaired) electrons. The lowest BCUT2D eigenvalue weighted by Crippen LogP contribution is -2.33. The number of nitrogens with one attached hydrogen (secondary N) is 1. The molecule has 2 amide bonds. The number of aryl methyl sites for hydroxylation is 1. The number of amides is 2. The zero-order valence-electron chi connectivity index (χ0n) is 12.5. The average Bonchev–Trinajstić information content (AvgIpc) is 3.19. The van der Waals surface area contributed by atoms with Crippen LogP contribution in [0.3, 0.4) is 0 Å². The first kappa shape index (κ1) is 15.2. The first-order chi connectivity index (χ1) is 11.0. The Kier molecular flexibility index (Phi) is 4.06. The van der Waals surface area contributed by atoms with Crippen LogP contribution in [0, 0.1) is 6.92 Å². The maximum atomic E-state index is 12.1. The van der Waals surface area contributed by atoms with E-state index < -0.39 is 5.91 Å². The van der Waals surface area contributed by atoms with Gasteiger partial charge in [-0.25, -0.2) is 0 Å². The Balaban J connectivity index is 1.64. The fourth-order valence-corrected chi connectivity index (χ4v) is 2.55. The van der Waals surface area contributed by atoms with Gasteiger partial charge in [-0.05, 0) is 26.3 Å². The van der Waals surface area contributed by atoms with Gasteiger partial charge < -0.3 is 14.8 Å². The van der Waals surface area contributed by atoms with E-state index in [2.05, 4.69) is 20.6 Å². The van der Waals surface area contributed by atoms with Crippen LogP contribution in [0.25, 0.3) is 0 Å². The Bertz CT molecular complexity index is 724. The largest absolute Gasteiger partial charge is 0.363 e. The van der Waals surface area contributed by atoms with Crippen LogP contribution in [0.4, 0.5) is 5.88 Å². The van der Waals surface area contributed by atoms with Crippen LogP contribution in [0.5, 0.6) is 0 Å². The second kappa shape index (κ2) is 6.16. The van der Waals surface area contributed by atoms with E-state index in [9.17, 15) is 9.59 Å². The SMILES string of the molecule is Cc1cc(NC(=O)CN2CCC[C@H]2c2nc(C(N)=O)no2)on1. The highest BCUT2D eigenvalue weighted by Gasteiger charge is 2.32. The van der Waals surface area contributed by atoms with Gasteiger partial charge in [0.15, 0.2) is 0 Å². The number of nitrogens with zero attached hydrogens (tertiary/aromatic N) is 4. The van der Waals surface area contributed by atoms with E-state index in [1.54, 1.807) is 13.0 Å². The molecule has 23 heavy (non-hydrogen) atoms. The van der Waals surface area contributed by atoms with E-state index in [-0.39, 0.29) is 24.3 Å². The van der Waals surface area contributed by atoms with Crippen molar-refractivity contribution >= 4 is 17.7 Å². The molecule has 0 spiro atoms. The second-order valence-electron chi connectivity index (χ2n) is 5.33. The number of rotatable bonds is 5. The molecule has 0 bridgehead atoms. The summed E-state index contributed by atoms with van der Waals surface area (Å²) in [4.78, 5) is 29.0. The van der Waals surface area contributed by atoms with E-state index in [0.717, 1.165) is 12.8 Å². The molecule has 3 rings (SSSR count). The molecule has 3 heterocycles. The Morgan fingerprint density at radius 2 is 2.26 bits per heavy atom. The molecule has 1 aliphatic heterocycles. The van der Waals surface area contributed by atoms with Crippen molar-refractivity contribution in [2.45, 2.75) is 25.8 Å². The first-order valence-electron chi connectivity index (χ1n) is 7.13. The summed E-state index contributed by atoms with van der Waals surface area (Å²) in [5, 5.41) is 9.87. The fraction of sp³-hybridized carbons (Fsp3) is 0.462. The lowest BCUT2D eigenvalue weighted by Gasteiger charge is -2.20. The summed E-state index contributed by atoms with van der Waals surface area (Å²) >= 11 is 0. The highest BCUT2D eigenvalue weighted by molar-refractivity contribution is 5.91. The number of likely N-dealkylation sites (tertiary alicyclic amines) is 1. The van der Waals surface area contributed by atoms with Crippen molar-refractivity contribution in [1.29, 1.82) is 0 Å². The number of anilines is 1. The minimum absolute atomic E-state index is 0.138. The summed E-state index contributed by atoms with van der Waals surface area (Å²) in [5.74, 6) is -0.546. The normalized spacial score (nSPS) is 18.2. The van der Waals surface area contributed by atoms with Crippen molar-refractivity contribution in [2.24, 2.45) is 5.73 Å². The van der Waals surface area contributed by atoms with E-state index >= 15 is 0 Å². The molecule has 2 aromatic heterocycles. The smallest absolute Gasteiger partial charge is 0.290 e. The zero-order chi connectivity index (χ0) is 16.4. The molecule has 0 aliphatic carbocycles. The van der Waals surface area contributed by atoms with E-state index in [1.807, 2.05) is 4.90 Å². The molecule has 0 saturated carbocycles. The third kappa shape index (κ3) is 3.37. The van der Waals surface area contributed by atoms with E-state index in [0.29, 0.717) is 24.0 Å². The lowest BCUT2D eigenvalue weighted by atomic mass is 10.2. The summed E-state index contributed by atoms with van der Waals surface area (Å²) < 4.78 is 10.0. The highest BCUT2D eigenvalue weighted by Crippen LogP contribution is 2.30. The predicted octanol–water partition coefficient (Wildman–Crippen LogP) is 0.241. The van der Waals surface area contributed by atoms with Gasteiger partial charge in [-0.3, -0.25) is 19.8 Å². The molecule has 1 aliphatic rings. The predicted molar refractivity (Wildman–Crippen MR) is 76.2 cm³/mol. The summed E-state index contributed by atoms with van der Waals surface area (Å²) in [5.41, 5.74) is 5.80. The minimum atomic E-state index is -0.747. The summed E-state index contributed by atoms with van der Waals surface area (Å²) in [6.45, 7) is 2.61.